The normalized spacial score (nSPS) is 10.1. The van der Waals surface area contributed by atoms with Gasteiger partial charge in [-0.15, -0.1) is 0 Å². The molecule has 0 aliphatic heterocycles. The van der Waals surface area contributed by atoms with Crippen LogP contribution in [0, 0.1) is 0 Å². The van der Waals surface area contributed by atoms with Gasteiger partial charge in [0.05, 0.1) is 10.0 Å². The summed E-state index contributed by atoms with van der Waals surface area (Å²) in [6.45, 7) is 0. The first-order valence-corrected chi connectivity index (χ1v) is 5.77. The van der Waals surface area contributed by atoms with Crippen molar-refractivity contribution >= 4 is 34.8 Å². The largest absolute Gasteiger partial charge is 0.321 e. The van der Waals surface area contributed by atoms with Gasteiger partial charge in [-0.25, -0.2) is 0 Å². The lowest BCUT2D eigenvalue weighted by Crippen LogP contribution is -2.17. The van der Waals surface area contributed by atoms with Crippen LogP contribution in [0.5, 0.6) is 0 Å². The van der Waals surface area contributed by atoms with Gasteiger partial charge in [0.15, 0.2) is 0 Å². The second-order valence-corrected chi connectivity index (χ2v) is 4.33. The summed E-state index contributed by atoms with van der Waals surface area (Å²) in [7, 11) is 0. The van der Waals surface area contributed by atoms with Gasteiger partial charge in [-0.3, -0.25) is 9.59 Å². The van der Waals surface area contributed by atoms with Crippen molar-refractivity contribution in [3.63, 3.8) is 0 Å². The second-order valence-electron chi connectivity index (χ2n) is 3.51. The van der Waals surface area contributed by atoms with E-state index in [0.717, 1.165) is 0 Å². The molecule has 0 saturated carbocycles. The van der Waals surface area contributed by atoms with E-state index in [-0.39, 0.29) is 11.3 Å². The fourth-order valence-electron chi connectivity index (χ4n) is 1.35. The average molecular weight is 283 g/mol. The Morgan fingerprint density at radius 3 is 2.56 bits per heavy atom. The van der Waals surface area contributed by atoms with Crippen molar-refractivity contribution in [3.8, 4) is 0 Å². The molecule has 4 nitrogen and oxygen atoms in total. The Morgan fingerprint density at radius 2 is 1.89 bits per heavy atom. The molecule has 6 heteroatoms. The van der Waals surface area contributed by atoms with Gasteiger partial charge in [0.1, 0.15) is 5.69 Å². The lowest BCUT2D eigenvalue weighted by Gasteiger charge is -2.05. The molecule has 92 valence electrons. The van der Waals surface area contributed by atoms with E-state index in [1.165, 1.54) is 24.3 Å². The molecular weight excluding hydrogens is 275 g/mol. The molecule has 0 spiro atoms. The minimum absolute atomic E-state index is 0.175. The molecule has 0 atom stereocenters. The Bertz CT molecular complexity index is 653. The van der Waals surface area contributed by atoms with Crippen molar-refractivity contribution in [2.24, 2.45) is 0 Å². The van der Waals surface area contributed by atoms with E-state index in [0.29, 0.717) is 15.7 Å². The smallest absolute Gasteiger partial charge is 0.272 e. The lowest BCUT2D eigenvalue weighted by atomic mass is 10.3. The van der Waals surface area contributed by atoms with Crippen LogP contribution in [0.1, 0.15) is 10.5 Å². The number of rotatable bonds is 2. The van der Waals surface area contributed by atoms with Crippen LogP contribution in [0.25, 0.3) is 0 Å². The molecule has 0 radical (unpaired) electrons. The SMILES string of the molecule is O=C(Nc1ccc(Cl)c(Cl)c1)c1cccc(=O)[nH]1. The van der Waals surface area contributed by atoms with Crippen LogP contribution < -0.4 is 10.9 Å². The van der Waals surface area contributed by atoms with E-state index >= 15 is 0 Å². The molecule has 0 fully saturated rings. The number of anilines is 1. The molecule has 1 heterocycles. The van der Waals surface area contributed by atoms with Crippen LogP contribution in [-0.2, 0) is 0 Å². The first-order chi connectivity index (χ1) is 8.56. The van der Waals surface area contributed by atoms with Crippen molar-refractivity contribution in [1.82, 2.24) is 4.98 Å². The summed E-state index contributed by atoms with van der Waals surface area (Å²) in [5.41, 5.74) is 0.337. The van der Waals surface area contributed by atoms with Gasteiger partial charge in [0, 0.05) is 11.8 Å². The van der Waals surface area contributed by atoms with Gasteiger partial charge in [0.2, 0.25) is 5.56 Å². The number of carbonyl (C=O) groups excluding carboxylic acids is 1. The van der Waals surface area contributed by atoms with Crippen molar-refractivity contribution < 1.29 is 4.79 Å². The van der Waals surface area contributed by atoms with E-state index in [1.54, 1.807) is 12.1 Å². The van der Waals surface area contributed by atoms with Crippen LogP contribution in [-0.4, -0.2) is 10.9 Å². The highest BCUT2D eigenvalue weighted by molar-refractivity contribution is 6.42. The Labute approximate surface area is 113 Å². The Balaban J connectivity index is 2.21. The van der Waals surface area contributed by atoms with Gasteiger partial charge in [-0.05, 0) is 24.3 Å². The molecule has 18 heavy (non-hydrogen) atoms. The topological polar surface area (TPSA) is 62.0 Å². The van der Waals surface area contributed by atoms with Crippen molar-refractivity contribution in [2.45, 2.75) is 0 Å². The number of aromatic nitrogens is 1. The van der Waals surface area contributed by atoms with Gasteiger partial charge in [-0.1, -0.05) is 29.3 Å². The quantitative estimate of drug-likeness (QED) is 0.890. The molecule has 0 saturated heterocycles. The molecular formula is C12H8Cl2N2O2. The summed E-state index contributed by atoms with van der Waals surface area (Å²) in [4.78, 5) is 25.3. The third-order valence-electron chi connectivity index (χ3n) is 2.19. The number of amides is 1. The van der Waals surface area contributed by atoms with Crippen molar-refractivity contribution in [3.05, 3.63) is 62.5 Å². The van der Waals surface area contributed by atoms with Gasteiger partial charge < -0.3 is 10.3 Å². The number of hydrogen-bond acceptors (Lipinski definition) is 2. The zero-order valence-corrected chi connectivity index (χ0v) is 10.5. The molecule has 0 aliphatic carbocycles. The number of hydrogen-bond donors (Lipinski definition) is 2. The van der Waals surface area contributed by atoms with Gasteiger partial charge in [0.25, 0.3) is 5.91 Å². The number of carbonyl (C=O) groups is 1. The summed E-state index contributed by atoms with van der Waals surface area (Å²) in [6.07, 6.45) is 0. The van der Waals surface area contributed by atoms with Crippen LogP contribution in [0.15, 0.2) is 41.2 Å². The van der Waals surface area contributed by atoms with Crippen LogP contribution in [0.4, 0.5) is 5.69 Å². The highest BCUT2D eigenvalue weighted by Gasteiger charge is 2.07. The highest BCUT2D eigenvalue weighted by atomic mass is 35.5. The highest BCUT2D eigenvalue weighted by Crippen LogP contribution is 2.25. The molecule has 0 aliphatic rings. The maximum Gasteiger partial charge on any atom is 0.272 e. The Kier molecular flexibility index (Phi) is 3.69. The summed E-state index contributed by atoms with van der Waals surface area (Å²) >= 11 is 11.6. The zero-order valence-electron chi connectivity index (χ0n) is 9.04. The first-order valence-electron chi connectivity index (χ1n) is 5.02. The second kappa shape index (κ2) is 5.25. The predicted octanol–water partition coefficient (Wildman–Crippen LogP) is 2.93. The molecule has 1 aromatic heterocycles. The summed E-state index contributed by atoms with van der Waals surface area (Å²) in [5.74, 6) is -0.425. The summed E-state index contributed by atoms with van der Waals surface area (Å²) in [6, 6.07) is 9.07. The van der Waals surface area contributed by atoms with Crippen LogP contribution in [0.3, 0.4) is 0 Å². The van der Waals surface area contributed by atoms with Crippen LogP contribution in [0.2, 0.25) is 10.0 Å². The van der Waals surface area contributed by atoms with Crippen molar-refractivity contribution in [2.75, 3.05) is 5.32 Å². The van der Waals surface area contributed by atoms with E-state index in [9.17, 15) is 9.59 Å². The summed E-state index contributed by atoms with van der Waals surface area (Å²) < 4.78 is 0. The number of pyridine rings is 1. The van der Waals surface area contributed by atoms with Crippen molar-refractivity contribution in [1.29, 1.82) is 0 Å². The predicted molar refractivity (Wildman–Crippen MR) is 71.5 cm³/mol. The number of H-pyrrole nitrogens is 1. The maximum absolute atomic E-state index is 11.8. The molecule has 0 bridgehead atoms. The first kappa shape index (κ1) is 12.7. The third kappa shape index (κ3) is 2.91. The van der Waals surface area contributed by atoms with E-state index in [1.807, 2.05) is 0 Å². The molecule has 2 rings (SSSR count). The molecule has 1 aromatic carbocycles. The standard InChI is InChI=1S/C12H8Cl2N2O2/c13-8-5-4-7(6-9(8)14)15-12(18)10-2-1-3-11(17)16-10/h1-6H,(H,15,18)(H,16,17). The Morgan fingerprint density at radius 1 is 1.11 bits per heavy atom. The van der Waals surface area contributed by atoms with Gasteiger partial charge in [-0.2, -0.15) is 0 Å². The van der Waals surface area contributed by atoms with E-state index in [4.69, 9.17) is 23.2 Å². The van der Waals surface area contributed by atoms with Crippen LogP contribution >= 0.6 is 23.2 Å². The van der Waals surface area contributed by atoms with Gasteiger partial charge >= 0.3 is 0 Å². The fraction of sp³-hybridized carbons (Fsp3) is 0. The molecule has 2 N–H and O–H groups in total. The number of aromatic amines is 1. The molecule has 1 amide bonds. The number of halogens is 2. The average Bonchev–Trinajstić information content (AvgIpc) is 2.34. The maximum atomic E-state index is 11.8. The minimum Gasteiger partial charge on any atom is -0.321 e. The van der Waals surface area contributed by atoms with E-state index < -0.39 is 5.91 Å². The lowest BCUT2D eigenvalue weighted by molar-refractivity contribution is 0.102. The zero-order chi connectivity index (χ0) is 13.1. The minimum atomic E-state index is -0.425. The molecule has 2 aromatic rings. The fourth-order valence-corrected chi connectivity index (χ4v) is 1.65. The number of benzene rings is 1. The summed E-state index contributed by atoms with van der Waals surface area (Å²) in [5, 5.41) is 3.35. The van der Waals surface area contributed by atoms with E-state index in [2.05, 4.69) is 10.3 Å². The third-order valence-corrected chi connectivity index (χ3v) is 2.93. The Hall–Kier alpha value is -1.78. The molecule has 0 unspecified atom stereocenters. The number of nitrogens with one attached hydrogen (secondary N) is 2. The monoisotopic (exact) mass is 282 g/mol.